The van der Waals surface area contributed by atoms with Crippen molar-refractivity contribution in [3.8, 4) is 0 Å². The van der Waals surface area contributed by atoms with Crippen molar-refractivity contribution in [2.75, 3.05) is 0 Å². The van der Waals surface area contributed by atoms with E-state index in [9.17, 15) is 0 Å². The van der Waals surface area contributed by atoms with E-state index < -0.39 is 0 Å². The number of unbranched alkanes of at least 4 members (excludes halogenated alkanes) is 1. The van der Waals surface area contributed by atoms with Gasteiger partial charge < -0.3 is 0 Å². The molecule has 0 saturated heterocycles. The van der Waals surface area contributed by atoms with Gasteiger partial charge in [0.25, 0.3) is 0 Å². The monoisotopic (exact) mass is 185 g/mol. The van der Waals surface area contributed by atoms with Crippen LogP contribution < -0.4 is 0 Å². The van der Waals surface area contributed by atoms with Gasteiger partial charge in [-0.15, -0.1) is 0 Å². The third-order valence-corrected chi connectivity index (χ3v) is 2.81. The highest BCUT2D eigenvalue weighted by Crippen LogP contribution is 2.17. The predicted molar refractivity (Wildman–Crippen MR) is 61.4 cm³/mol. The van der Waals surface area contributed by atoms with Gasteiger partial charge in [-0.2, -0.15) is 23.8 Å². The summed E-state index contributed by atoms with van der Waals surface area (Å²) in [5.41, 5.74) is 1.49. The van der Waals surface area contributed by atoms with Gasteiger partial charge in [0.1, 0.15) is 0 Å². The first-order valence-corrected chi connectivity index (χ1v) is 5.51. The van der Waals surface area contributed by atoms with Crippen LogP contribution in [-0.2, 0) is 6.42 Å². The molecule has 0 heteroatoms. The largest absolute Gasteiger partial charge is 0.211 e. The van der Waals surface area contributed by atoms with Gasteiger partial charge in [-0.25, -0.2) is 6.07 Å². The Balaban J connectivity index is 1.59. The van der Waals surface area contributed by atoms with E-state index in [4.69, 9.17) is 0 Å². The van der Waals surface area contributed by atoms with Crippen molar-refractivity contribution >= 4 is 0 Å². The van der Waals surface area contributed by atoms with Gasteiger partial charge in [0.05, 0.1) is 0 Å². The average molecular weight is 185 g/mol. The van der Waals surface area contributed by atoms with E-state index in [1.54, 1.807) is 0 Å². The zero-order chi connectivity index (χ0) is 9.64. The predicted octanol–water partition coefficient (Wildman–Crippen LogP) is 3.86. The van der Waals surface area contributed by atoms with Crippen molar-refractivity contribution in [1.29, 1.82) is 0 Å². The molecular formula is C14H17-. The lowest BCUT2D eigenvalue weighted by atomic mass is 10.0. The van der Waals surface area contributed by atoms with E-state index >= 15 is 0 Å². The Kier molecular flexibility index (Phi) is 3.28. The number of aryl methyl sites for hydroxylation is 1. The zero-order valence-electron chi connectivity index (χ0n) is 8.52. The van der Waals surface area contributed by atoms with Crippen LogP contribution in [-0.4, -0.2) is 0 Å². The molecule has 0 heterocycles. The van der Waals surface area contributed by atoms with Crippen LogP contribution in [0.4, 0.5) is 0 Å². The van der Waals surface area contributed by atoms with Crippen LogP contribution in [0, 0.1) is 5.92 Å². The third kappa shape index (κ3) is 2.66. The van der Waals surface area contributed by atoms with Crippen LogP contribution in [0.5, 0.6) is 0 Å². The fraction of sp³-hybridized carbons (Fsp3) is 0.357. The van der Waals surface area contributed by atoms with Crippen LogP contribution in [0.15, 0.2) is 48.6 Å². The minimum absolute atomic E-state index is 0.717. The van der Waals surface area contributed by atoms with E-state index in [0.29, 0.717) is 0 Å². The summed E-state index contributed by atoms with van der Waals surface area (Å²) in [5, 5.41) is 0. The molecule has 0 aliphatic heterocycles. The molecule has 1 aliphatic carbocycles. The van der Waals surface area contributed by atoms with Crippen molar-refractivity contribution in [3.05, 3.63) is 54.1 Å². The lowest BCUT2D eigenvalue weighted by Crippen LogP contribution is -1.90. The highest BCUT2D eigenvalue weighted by atomic mass is 14.1. The molecule has 14 heavy (non-hydrogen) atoms. The first kappa shape index (κ1) is 9.39. The summed E-state index contributed by atoms with van der Waals surface area (Å²) in [6, 6.07) is 8.68. The minimum Gasteiger partial charge on any atom is -0.211 e. The lowest BCUT2D eigenvalue weighted by molar-refractivity contribution is 0.623. The zero-order valence-corrected chi connectivity index (χ0v) is 8.52. The third-order valence-electron chi connectivity index (χ3n) is 2.81. The van der Waals surface area contributed by atoms with Crippen molar-refractivity contribution in [1.82, 2.24) is 0 Å². The van der Waals surface area contributed by atoms with Gasteiger partial charge in [-0.05, 0) is 12.3 Å². The van der Waals surface area contributed by atoms with Crippen LogP contribution >= 0.6 is 0 Å². The van der Waals surface area contributed by atoms with Crippen LogP contribution in [0.2, 0.25) is 0 Å². The van der Waals surface area contributed by atoms with Crippen molar-refractivity contribution in [3.63, 3.8) is 0 Å². The summed E-state index contributed by atoms with van der Waals surface area (Å²) >= 11 is 0. The molecule has 0 bridgehead atoms. The molecule has 1 aromatic carbocycles. The van der Waals surface area contributed by atoms with E-state index in [2.05, 4.69) is 48.6 Å². The summed E-state index contributed by atoms with van der Waals surface area (Å²) < 4.78 is 0. The highest BCUT2D eigenvalue weighted by Gasteiger charge is 2.01. The van der Waals surface area contributed by atoms with Crippen molar-refractivity contribution in [2.45, 2.75) is 25.7 Å². The maximum atomic E-state index is 2.29. The molecule has 0 amide bonds. The quantitative estimate of drug-likeness (QED) is 0.482. The molecule has 0 radical (unpaired) electrons. The minimum atomic E-state index is 0.717. The molecule has 0 atom stereocenters. The van der Waals surface area contributed by atoms with Crippen LogP contribution in [0.3, 0.4) is 0 Å². The Morgan fingerprint density at radius 2 is 2.00 bits per heavy atom. The Morgan fingerprint density at radius 1 is 1.14 bits per heavy atom. The number of hydrogen-bond donors (Lipinski definition) is 0. The highest BCUT2D eigenvalue weighted by molar-refractivity contribution is 5.17. The molecule has 1 aromatic rings. The van der Waals surface area contributed by atoms with Gasteiger partial charge in [0.15, 0.2) is 0 Å². The van der Waals surface area contributed by atoms with Gasteiger partial charge in [-0.1, -0.05) is 43.6 Å². The molecule has 0 nitrogen and oxygen atoms in total. The summed E-state index contributed by atoms with van der Waals surface area (Å²) in [7, 11) is 0. The molecule has 0 N–H and O–H groups in total. The van der Waals surface area contributed by atoms with Gasteiger partial charge in [0, 0.05) is 0 Å². The van der Waals surface area contributed by atoms with Gasteiger partial charge >= 0.3 is 0 Å². The topological polar surface area (TPSA) is 0 Å². The standard InChI is InChI=1S/C14H17/c1-2-8-13(7-1)11-5-6-12-14-9-3-4-10-14/h1-4,7-10,13H,5-6,11-12H2/q-1. The van der Waals surface area contributed by atoms with Crippen LogP contribution in [0.1, 0.15) is 24.8 Å². The number of rotatable bonds is 5. The lowest BCUT2D eigenvalue weighted by Gasteiger charge is -2.06. The second kappa shape index (κ2) is 4.90. The molecule has 0 unspecified atom stereocenters. The molecule has 0 aromatic heterocycles. The van der Waals surface area contributed by atoms with Gasteiger partial charge in [-0.3, -0.25) is 0 Å². The van der Waals surface area contributed by atoms with Crippen molar-refractivity contribution in [2.24, 2.45) is 5.92 Å². The number of hydrogen-bond acceptors (Lipinski definition) is 0. The first-order chi connectivity index (χ1) is 6.95. The normalized spacial score (nSPS) is 15.4. The average Bonchev–Trinajstić information content (AvgIpc) is 2.86. The second-order valence-corrected chi connectivity index (χ2v) is 3.97. The molecule has 2 rings (SSSR count). The van der Waals surface area contributed by atoms with E-state index in [1.165, 1.54) is 31.2 Å². The van der Waals surface area contributed by atoms with E-state index in [0.717, 1.165) is 5.92 Å². The van der Waals surface area contributed by atoms with Gasteiger partial charge in [0.2, 0.25) is 0 Å². The fourth-order valence-corrected chi connectivity index (χ4v) is 1.96. The Labute approximate surface area is 86.3 Å². The smallest absolute Gasteiger partial charge is 0.00473 e. The molecule has 0 fully saturated rings. The molecule has 0 saturated carbocycles. The maximum absolute atomic E-state index is 2.29. The second-order valence-electron chi connectivity index (χ2n) is 3.97. The van der Waals surface area contributed by atoms with Crippen molar-refractivity contribution < 1.29 is 0 Å². The summed E-state index contributed by atoms with van der Waals surface area (Å²) in [5.74, 6) is 0.717. The summed E-state index contributed by atoms with van der Waals surface area (Å²) in [4.78, 5) is 0. The molecule has 1 aliphatic rings. The van der Waals surface area contributed by atoms with E-state index in [-0.39, 0.29) is 0 Å². The van der Waals surface area contributed by atoms with E-state index in [1.807, 2.05) is 0 Å². The number of allylic oxidation sites excluding steroid dienone is 4. The molecule has 0 spiro atoms. The van der Waals surface area contributed by atoms with Crippen LogP contribution in [0.25, 0.3) is 0 Å². The fourth-order valence-electron chi connectivity index (χ4n) is 1.96. The molecule has 74 valence electrons. The Bertz CT molecular complexity index is 289. The molecular weight excluding hydrogens is 168 g/mol. The summed E-state index contributed by atoms with van der Waals surface area (Å²) in [6.07, 6.45) is 14.1. The maximum Gasteiger partial charge on any atom is -0.00473 e. The Hall–Kier alpha value is -1.17. The summed E-state index contributed by atoms with van der Waals surface area (Å²) in [6.45, 7) is 0. The first-order valence-electron chi connectivity index (χ1n) is 5.51. The Morgan fingerprint density at radius 3 is 2.71 bits per heavy atom. The SMILES string of the molecule is C1=CC(CCCCc2cc[cH-]c2)C=C1.